The molecule has 1 atom stereocenters. The number of allylic oxidation sites excluding steroid dienone is 6. The summed E-state index contributed by atoms with van der Waals surface area (Å²) in [5, 5.41) is 8.49. The zero-order chi connectivity index (χ0) is 15.8. The molecule has 0 saturated heterocycles. The van der Waals surface area contributed by atoms with Crippen molar-refractivity contribution < 1.29 is 9.90 Å². The second-order valence-corrected chi connectivity index (χ2v) is 5.60. The van der Waals surface area contributed by atoms with Gasteiger partial charge >= 0.3 is 5.97 Å². The van der Waals surface area contributed by atoms with Gasteiger partial charge < -0.3 is 5.11 Å². The summed E-state index contributed by atoms with van der Waals surface area (Å²) < 4.78 is 0. The number of hydrogen-bond acceptors (Lipinski definition) is 1. The molecule has 0 spiro atoms. The van der Waals surface area contributed by atoms with Crippen molar-refractivity contribution in [2.45, 2.75) is 71.6 Å². The second-order valence-electron chi connectivity index (χ2n) is 5.60. The van der Waals surface area contributed by atoms with Crippen LogP contribution < -0.4 is 0 Å². The molecule has 120 valence electrons. The SMILES string of the molecule is CCC(C)CC/C=C\C/C=C\CC/C=C\CCCC(=O)O. The molecule has 0 aliphatic rings. The van der Waals surface area contributed by atoms with Crippen LogP contribution in [-0.2, 0) is 4.79 Å². The first kappa shape index (κ1) is 19.7. The van der Waals surface area contributed by atoms with E-state index in [2.05, 4.69) is 50.3 Å². The normalized spacial score (nSPS) is 13.6. The van der Waals surface area contributed by atoms with Gasteiger partial charge in [0.05, 0.1) is 0 Å². The zero-order valence-electron chi connectivity index (χ0n) is 13.8. The molecule has 0 aromatic carbocycles. The average molecular weight is 292 g/mol. The summed E-state index contributed by atoms with van der Waals surface area (Å²) in [7, 11) is 0. The van der Waals surface area contributed by atoms with E-state index in [4.69, 9.17) is 5.11 Å². The standard InChI is InChI=1S/C19H32O2/c1-3-18(2)16-14-12-10-8-6-4-5-7-9-11-13-15-17-19(20)21/h4,6,9-12,18H,3,5,7-8,13-17H2,1-2H3,(H,20,21)/b6-4-,11-9-,12-10-. The van der Waals surface area contributed by atoms with Gasteiger partial charge in [-0.15, -0.1) is 0 Å². The van der Waals surface area contributed by atoms with Crippen molar-refractivity contribution in [3.05, 3.63) is 36.5 Å². The molecule has 1 N–H and O–H groups in total. The molecule has 0 aromatic rings. The maximum absolute atomic E-state index is 10.3. The van der Waals surface area contributed by atoms with Crippen LogP contribution in [0.4, 0.5) is 0 Å². The van der Waals surface area contributed by atoms with Crippen molar-refractivity contribution in [1.82, 2.24) is 0 Å². The van der Waals surface area contributed by atoms with Gasteiger partial charge in [0, 0.05) is 6.42 Å². The van der Waals surface area contributed by atoms with Crippen molar-refractivity contribution >= 4 is 5.97 Å². The lowest BCUT2D eigenvalue weighted by Crippen LogP contribution is -1.92. The monoisotopic (exact) mass is 292 g/mol. The number of carbonyl (C=O) groups is 1. The van der Waals surface area contributed by atoms with E-state index >= 15 is 0 Å². The highest BCUT2D eigenvalue weighted by molar-refractivity contribution is 5.66. The van der Waals surface area contributed by atoms with Crippen LogP contribution in [0.15, 0.2) is 36.5 Å². The van der Waals surface area contributed by atoms with Crippen LogP contribution in [0.5, 0.6) is 0 Å². The van der Waals surface area contributed by atoms with Crippen LogP contribution >= 0.6 is 0 Å². The predicted octanol–water partition coefficient (Wildman–Crippen LogP) is 5.91. The maximum atomic E-state index is 10.3. The highest BCUT2D eigenvalue weighted by Gasteiger charge is 1.94. The Labute approximate surface area is 130 Å². The zero-order valence-corrected chi connectivity index (χ0v) is 13.8. The van der Waals surface area contributed by atoms with Gasteiger partial charge in [-0.2, -0.15) is 0 Å². The third-order valence-electron chi connectivity index (χ3n) is 3.56. The Morgan fingerprint density at radius 2 is 1.52 bits per heavy atom. The molecule has 0 fully saturated rings. The molecule has 1 unspecified atom stereocenters. The number of carboxylic acid groups (broad SMARTS) is 1. The van der Waals surface area contributed by atoms with E-state index in [0.29, 0.717) is 0 Å². The molecule has 2 nitrogen and oxygen atoms in total. The van der Waals surface area contributed by atoms with Crippen molar-refractivity contribution in [3.8, 4) is 0 Å². The van der Waals surface area contributed by atoms with E-state index in [0.717, 1.165) is 38.0 Å². The van der Waals surface area contributed by atoms with Gasteiger partial charge in [-0.05, 0) is 50.9 Å². The van der Waals surface area contributed by atoms with Crippen LogP contribution in [0, 0.1) is 5.92 Å². The van der Waals surface area contributed by atoms with E-state index in [1.807, 2.05) is 0 Å². The summed E-state index contributed by atoms with van der Waals surface area (Å²) in [6, 6.07) is 0. The van der Waals surface area contributed by atoms with Crippen molar-refractivity contribution in [3.63, 3.8) is 0 Å². The van der Waals surface area contributed by atoms with Gasteiger partial charge in [0.15, 0.2) is 0 Å². The Morgan fingerprint density at radius 3 is 2.14 bits per heavy atom. The van der Waals surface area contributed by atoms with Crippen LogP contribution in [0.2, 0.25) is 0 Å². The molecule has 0 aliphatic heterocycles. The molecule has 2 heteroatoms. The molecule has 0 aromatic heterocycles. The molecule has 0 bridgehead atoms. The summed E-state index contributed by atoms with van der Waals surface area (Å²) in [5.74, 6) is 0.135. The number of hydrogen-bond donors (Lipinski definition) is 1. The minimum atomic E-state index is -0.705. The minimum absolute atomic E-state index is 0.271. The second kappa shape index (κ2) is 15.1. The lowest BCUT2D eigenvalue weighted by atomic mass is 10.0. The fourth-order valence-electron chi connectivity index (χ4n) is 1.89. The summed E-state index contributed by atoms with van der Waals surface area (Å²) in [6.45, 7) is 4.56. The predicted molar refractivity (Wildman–Crippen MR) is 91.4 cm³/mol. The smallest absolute Gasteiger partial charge is 0.303 e. The summed E-state index contributed by atoms with van der Waals surface area (Å²) in [4.78, 5) is 10.3. The van der Waals surface area contributed by atoms with Crippen LogP contribution in [0.25, 0.3) is 0 Å². The van der Waals surface area contributed by atoms with Crippen LogP contribution in [0.1, 0.15) is 71.6 Å². The van der Waals surface area contributed by atoms with Gasteiger partial charge in [-0.1, -0.05) is 56.7 Å². The maximum Gasteiger partial charge on any atom is 0.303 e. The Kier molecular flexibility index (Phi) is 14.1. The number of unbranched alkanes of at least 4 members (excludes halogenated alkanes) is 2. The van der Waals surface area contributed by atoms with Crippen molar-refractivity contribution in [2.24, 2.45) is 5.92 Å². The van der Waals surface area contributed by atoms with Gasteiger partial charge in [-0.3, -0.25) is 4.79 Å². The highest BCUT2D eigenvalue weighted by Crippen LogP contribution is 2.09. The molecule has 0 aliphatic carbocycles. The van der Waals surface area contributed by atoms with Crippen molar-refractivity contribution in [2.75, 3.05) is 0 Å². The van der Waals surface area contributed by atoms with E-state index in [1.54, 1.807) is 0 Å². The van der Waals surface area contributed by atoms with Gasteiger partial charge in [0.25, 0.3) is 0 Å². The van der Waals surface area contributed by atoms with E-state index in [9.17, 15) is 4.79 Å². The molecule has 0 rings (SSSR count). The highest BCUT2D eigenvalue weighted by atomic mass is 16.4. The van der Waals surface area contributed by atoms with E-state index in [-0.39, 0.29) is 6.42 Å². The summed E-state index contributed by atoms with van der Waals surface area (Å²) >= 11 is 0. The van der Waals surface area contributed by atoms with E-state index < -0.39 is 5.97 Å². The first-order chi connectivity index (χ1) is 10.2. The fraction of sp³-hybridized carbons (Fsp3) is 0.632. The van der Waals surface area contributed by atoms with Gasteiger partial charge in [0.1, 0.15) is 0 Å². The molecule has 21 heavy (non-hydrogen) atoms. The Hall–Kier alpha value is -1.31. The van der Waals surface area contributed by atoms with Gasteiger partial charge in [0.2, 0.25) is 0 Å². The Balaban J connectivity index is 3.38. The number of rotatable bonds is 13. The molecule has 0 amide bonds. The largest absolute Gasteiger partial charge is 0.481 e. The Bertz CT molecular complexity index is 326. The van der Waals surface area contributed by atoms with Crippen LogP contribution in [0.3, 0.4) is 0 Å². The molecular formula is C19H32O2. The lowest BCUT2D eigenvalue weighted by molar-refractivity contribution is -0.137. The molecule has 0 saturated carbocycles. The van der Waals surface area contributed by atoms with Crippen LogP contribution in [-0.4, -0.2) is 11.1 Å². The Morgan fingerprint density at radius 1 is 0.952 bits per heavy atom. The fourth-order valence-corrected chi connectivity index (χ4v) is 1.89. The summed E-state index contributed by atoms with van der Waals surface area (Å²) in [6.07, 6.45) is 22.0. The summed E-state index contributed by atoms with van der Waals surface area (Å²) in [5.41, 5.74) is 0. The lowest BCUT2D eigenvalue weighted by Gasteiger charge is -2.03. The minimum Gasteiger partial charge on any atom is -0.481 e. The topological polar surface area (TPSA) is 37.3 Å². The van der Waals surface area contributed by atoms with E-state index in [1.165, 1.54) is 19.3 Å². The van der Waals surface area contributed by atoms with Gasteiger partial charge in [-0.25, -0.2) is 0 Å². The first-order valence-electron chi connectivity index (χ1n) is 8.33. The third kappa shape index (κ3) is 16.6. The average Bonchev–Trinajstić information content (AvgIpc) is 2.46. The number of carboxylic acids is 1. The molecule has 0 radical (unpaired) electrons. The third-order valence-corrected chi connectivity index (χ3v) is 3.56. The van der Waals surface area contributed by atoms with Crippen molar-refractivity contribution in [1.29, 1.82) is 0 Å². The molecule has 0 heterocycles. The first-order valence-corrected chi connectivity index (χ1v) is 8.33. The number of aliphatic carboxylic acids is 1. The quantitative estimate of drug-likeness (QED) is 0.338. The molecular weight excluding hydrogens is 260 g/mol.